The summed E-state index contributed by atoms with van der Waals surface area (Å²) in [6.07, 6.45) is 6.53. The molecule has 1 fully saturated rings. The van der Waals surface area contributed by atoms with Gasteiger partial charge in [0.15, 0.2) is 0 Å². The van der Waals surface area contributed by atoms with E-state index in [1.54, 1.807) is 0 Å². The smallest absolute Gasteiger partial charge is 0.0543 e. The maximum atomic E-state index is 5.37. The van der Waals surface area contributed by atoms with Crippen molar-refractivity contribution in [2.75, 3.05) is 19.8 Å². The summed E-state index contributed by atoms with van der Waals surface area (Å²) in [5.41, 5.74) is 1.33. The molecule has 2 rings (SSSR count). The topological polar surface area (TPSA) is 39.1 Å². The molecule has 0 spiro atoms. The third-order valence-electron chi connectivity index (χ3n) is 3.41. The summed E-state index contributed by atoms with van der Waals surface area (Å²) < 4.78 is 7.39. The highest BCUT2D eigenvalue weighted by molar-refractivity contribution is 5.04. The lowest BCUT2D eigenvalue weighted by molar-refractivity contribution is 0.184. The molecule has 0 aliphatic carbocycles. The zero-order chi connectivity index (χ0) is 13.0. The van der Waals surface area contributed by atoms with Crippen LogP contribution in [0, 0.1) is 5.92 Å². The second-order valence-electron chi connectivity index (χ2n) is 6.16. The minimum absolute atomic E-state index is 0.0689. The molecule has 2 heterocycles. The average molecular weight is 251 g/mol. The molecule has 102 valence electrons. The molecule has 0 amide bonds. The van der Waals surface area contributed by atoms with Crippen LogP contribution < -0.4 is 5.32 Å². The third kappa shape index (κ3) is 3.82. The van der Waals surface area contributed by atoms with Crippen molar-refractivity contribution < 1.29 is 4.74 Å². The van der Waals surface area contributed by atoms with Crippen LogP contribution in [0.25, 0.3) is 0 Å². The van der Waals surface area contributed by atoms with Crippen molar-refractivity contribution in [3.8, 4) is 0 Å². The zero-order valence-electron chi connectivity index (χ0n) is 11.8. The highest BCUT2D eigenvalue weighted by Gasteiger charge is 2.15. The first kappa shape index (κ1) is 13.6. The summed E-state index contributed by atoms with van der Waals surface area (Å²) in [6.45, 7) is 10.4. The number of hydrogen-bond acceptors (Lipinski definition) is 3. The fraction of sp³-hybridized carbons (Fsp3) is 0.786. The van der Waals surface area contributed by atoms with E-state index in [1.807, 2.05) is 10.9 Å². The van der Waals surface area contributed by atoms with Crippen molar-refractivity contribution >= 4 is 0 Å². The molecule has 1 atom stereocenters. The minimum atomic E-state index is 0.0689. The van der Waals surface area contributed by atoms with Crippen LogP contribution in [0.1, 0.15) is 39.2 Å². The minimum Gasteiger partial charge on any atom is -0.381 e. The van der Waals surface area contributed by atoms with Gasteiger partial charge in [-0.15, -0.1) is 0 Å². The van der Waals surface area contributed by atoms with Gasteiger partial charge in [0.25, 0.3) is 0 Å². The summed E-state index contributed by atoms with van der Waals surface area (Å²) in [5, 5.41) is 7.88. The normalized spacial score (nSPS) is 20.5. The highest BCUT2D eigenvalue weighted by atomic mass is 16.5. The second-order valence-corrected chi connectivity index (χ2v) is 6.16. The van der Waals surface area contributed by atoms with Gasteiger partial charge in [0, 0.05) is 31.5 Å². The molecule has 0 radical (unpaired) electrons. The molecule has 1 aliphatic heterocycles. The SMILES string of the molecule is CC(C)(C)n1cc(CNCCC2CCOC2)cn1. The van der Waals surface area contributed by atoms with Gasteiger partial charge in [0.2, 0.25) is 0 Å². The van der Waals surface area contributed by atoms with E-state index in [9.17, 15) is 0 Å². The van der Waals surface area contributed by atoms with Gasteiger partial charge >= 0.3 is 0 Å². The molecule has 0 bridgehead atoms. The Morgan fingerprint density at radius 1 is 1.50 bits per heavy atom. The monoisotopic (exact) mass is 251 g/mol. The Morgan fingerprint density at radius 3 is 2.94 bits per heavy atom. The Kier molecular flexibility index (Phi) is 4.40. The molecule has 1 aromatic rings. The zero-order valence-corrected chi connectivity index (χ0v) is 11.8. The van der Waals surface area contributed by atoms with Crippen LogP contribution >= 0.6 is 0 Å². The largest absolute Gasteiger partial charge is 0.381 e. The molecule has 1 saturated heterocycles. The van der Waals surface area contributed by atoms with Crippen LogP contribution in [0.4, 0.5) is 0 Å². The quantitative estimate of drug-likeness (QED) is 0.815. The van der Waals surface area contributed by atoms with Gasteiger partial charge in [-0.25, -0.2) is 0 Å². The summed E-state index contributed by atoms with van der Waals surface area (Å²) >= 11 is 0. The van der Waals surface area contributed by atoms with Crippen molar-refractivity contribution in [2.24, 2.45) is 5.92 Å². The van der Waals surface area contributed by atoms with Crippen LogP contribution in [0.3, 0.4) is 0 Å². The van der Waals surface area contributed by atoms with Crippen LogP contribution in [0.5, 0.6) is 0 Å². The standard InChI is InChI=1S/C14H25N3O/c1-14(2,3)17-10-13(9-16-17)8-15-6-4-12-5-7-18-11-12/h9-10,12,15H,4-8,11H2,1-3H3. The fourth-order valence-corrected chi connectivity index (χ4v) is 2.17. The van der Waals surface area contributed by atoms with E-state index in [4.69, 9.17) is 4.74 Å². The Balaban J connectivity index is 1.68. The van der Waals surface area contributed by atoms with Crippen molar-refractivity contribution in [3.05, 3.63) is 18.0 Å². The fourth-order valence-electron chi connectivity index (χ4n) is 2.17. The third-order valence-corrected chi connectivity index (χ3v) is 3.41. The van der Waals surface area contributed by atoms with E-state index in [-0.39, 0.29) is 5.54 Å². The van der Waals surface area contributed by atoms with Crippen molar-refractivity contribution in [1.29, 1.82) is 0 Å². The maximum absolute atomic E-state index is 5.37. The first-order valence-corrected chi connectivity index (χ1v) is 6.88. The molecule has 1 unspecified atom stereocenters. The van der Waals surface area contributed by atoms with Gasteiger partial charge in [-0.1, -0.05) is 0 Å². The first-order chi connectivity index (χ1) is 8.55. The summed E-state index contributed by atoms with van der Waals surface area (Å²) in [5.74, 6) is 0.759. The summed E-state index contributed by atoms with van der Waals surface area (Å²) in [7, 11) is 0. The van der Waals surface area contributed by atoms with E-state index < -0.39 is 0 Å². The van der Waals surface area contributed by atoms with Crippen molar-refractivity contribution in [2.45, 2.75) is 45.7 Å². The molecule has 1 aromatic heterocycles. The number of nitrogens with one attached hydrogen (secondary N) is 1. The Bertz CT molecular complexity index is 361. The second kappa shape index (κ2) is 5.85. The van der Waals surface area contributed by atoms with Gasteiger partial charge in [-0.3, -0.25) is 4.68 Å². The molecule has 1 N–H and O–H groups in total. The average Bonchev–Trinajstić information content (AvgIpc) is 2.95. The van der Waals surface area contributed by atoms with Crippen LogP contribution in [-0.4, -0.2) is 29.5 Å². The summed E-state index contributed by atoms with van der Waals surface area (Å²) in [4.78, 5) is 0. The molecule has 1 aliphatic rings. The number of aromatic nitrogens is 2. The molecular formula is C14H25N3O. The van der Waals surface area contributed by atoms with Crippen LogP contribution in [0.2, 0.25) is 0 Å². The highest BCUT2D eigenvalue weighted by Crippen LogP contribution is 2.15. The van der Waals surface area contributed by atoms with Crippen LogP contribution in [-0.2, 0) is 16.8 Å². The molecule has 0 saturated carbocycles. The van der Waals surface area contributed by atoms with Gasteiger partial charge in [0.05, 0.1) is 11.7 Å². The predicted octanol–water partition coefficient (Wildman–Crippen LogP) is 2.15. The van der Waals surface area contributed by atoms with E-state index in [0.717, 1.165) is 32.2 Å². The van der Waals surface area contributed by atoms with Crippen LogP contribution in [0.15, 0.2) is 12.4 Å². The first-order valence-electron chi connectivity index (χ1n) is 6.88. The lowest BCUT2D eigenvalue weighted by Gasteiger charge is -2.18. The van der Waals surface area contributed by atoms with Crippen molar-refractivity contribution in [3.63, 3.8) is 0 Å². The lowest BCUT2D eigenvalue weighted by Crippen LogP contribution is -2.22. The Morgan fingerprint density at radius 2 is 2.33 bits per heavy atom. The Labute approximate surface area is 110 Å². The molecule has 18 heavy (non-hydrogen) atoms. The van der Waals surface area contributed by atoms with Crippen molar-refractivity contribution in [1.82, 2.24) is 15.1 Å². The lowest BCUT2D eigenvalue weighted by atomic mass is 10.1. The predicted molar refractivity (Wildman–Crippen MR) is 72.5 cm³/mol. The maximum Gasteiger partial charge on any atom is 0.0543 e. The van der Waals surface area contributed by atoms with E-state index >= 15 is 0 Å². The number of hydrogen-bond donors (Lipinski definition) is 1. The van der Waals surface area contributed by atoms with E-state index in [0.29, 0.717) is 0 Å². The summed E-state index contributed by atoms with van der Waals surface area (Å²) in [6, 6.07) is 0. The number of nitrogens with zero attached hydrogens (tertiary/aromatic N) is 2. The molecule has 4 heteroatoms. The molecule has 0 aromatic carbocycles. The van der Waals surface area contributed by atoms with E-state index in [2.05, 4.69) is 37.4 Å². The van der Waals surface area contributed by atoms with Gasteiger partial charge in [-0.2, -0.15) is 5.10 Å². The van der Waals surface area contributed by atoms with Gasteiger partial charge < -0.3 is 10.1 Å². The van der Waals surface area contributed by atoms with Gasteiger partial charge in [-0.05, 0) is 46.1 Å². The molecule has 4 nitrogen and oxygen atoms in total. The molecular weight excluding hydrogens is 226 g/mol. The Hall–Kier alpha value is -0.870. The van der Waals surface area contributed by atoms with Gasteiger partial charge in [0.1, 0.15) is 0 Å². The number of rotatable bonds is 5. The number of ether oxygens (including phenoxy) is 1. The van der Waals surface area contributed by atoms with E-state index in [1.165, 1.54) is 18.4 Å².